The predicted molar refractivity (Wildman–Crippen MR) is 92.2 cm³/mol. The van der Waals surface area contributed by atoms with Crippen LogP contribution in [0.4, 0.5) is 0 Å². The van der Waals surface area contributed by atoms with Gasteiger partial charge in [0.25, 0.3) is 5.91 Å². The van der Waals surface area contributed by atoms with Gasteiger partial charge in [-0.25, -0.2) is 8.42 Å². The third-order valence-corrected chi connectivity index (χ3v) is 5.64. The molecule has 8 heteroatoms. The smallest absolute Gasteiger partial charge is 0.309 e. The van der Waals surface area contributed by atoms with E-state index < -0.39 is 34.4 Å². The molecule has 0 saturated carbocycles. The van der Waals surface area contributed by atoms with Crippen LogP contribution in [0.1, 0.15) is 24.0 Å². The van der Waals surface area contributed by atoms with Gasteiger partial charge in [0.1, 0.15) is 5.75 Å². The van der Waals surface area contributed by atoms with E-state index in [-0.39, 0.29) is 24.5 Å². The van der Waals surface area contributed by atoms with Crippen molar-refractivity contribution in [3.05, 3.63) is 29.3 Å². The number of benzene rings is 1. The van der Waals surface area contributed by atoms with Crippen LogP contribution in [-0.4, -0.2) is 51.1 Å². The van der Waals surface area contributed by atoms with Gasteiger partial charge in [-0.1, -0.05) is 12.1 Å². The summed E-state index contributed by atoms with van der Waals surface area (Å²) in [5.74, 6) is -0.303. The average Bonchev–Trinajstić information content (AvgIpc) is 2.87. The summed E-state index contributed by atoms with van der Waals surface area (Å²) in [6.45, 7) is 3.61. The Morgan fingerprint density at radius 1 is 1.28 bits per heavy atom. The lowest BCUT2D eigenvalue weighted by atomic mass is 10.1. The Morgan fingerprint density at radius 3 is 2.72 bits per heavy atom. The number of carbonyl (C=O) groups is 2. The van der Waals surface area contributed by atoms with Crippen LogP contribution < -0.4 is 10.1 Å². The predicted octanol–water partition coefficient (Wildman–Crippen LogP) is 0.919. The molecule has 0 aromatic heterocycles. The number of sulfone groups is 1. The number of amides is 1. The van der Waals surface area contributed by atoms with Crippen LogP contribution >= 0.6 is 0 Å². The Balaban J connectivity index is 1.65. The highest BCUT2D eigenvalue weighted by Gasteiger charge is 2.28. The summed E-state index contributed by atoms with van der Waals surface area (Å²) in [6, 6.07) is 5.41. The molecule has 1 aromatic carbocycles. The molecule has 138 valence electrons. The van der Waals surface area contributed by atoms with E-state index in [9.17, 15) is 18.0 Å². The second kappa shape index (κ2) is 8.33. The van der Waals surface area contributed by atoms with Gasteiger partial charge in [0.15, 0.2) is 16.4 Å². The molecule has 1 fully saturated rings. The number of rotatable bonds is 7. The van der Waals surface area contributed by atoms with Crippen molar-refractivity contribution in [2.24, 2.45) is 0 Å². The van der Waals surface area contributed by atoms with Crippen LogP contribution in [0.25, 0.3) is 0 Å². The van der Waals surface area contributed by atoms with Gasteiger partial charge in [0.2, 0.25) is 0 Å². The number of esters is 1. The second-order valence-electron chi connectivity index (χ2n) is 6.20. The number of nitrogens with one attached hydrogen (secondary N) is 1. The fourth-order valence-electron chi connectivity index (χ4n) is 2.50. The van der Waals surface area contributed by atoms with Crippen molar-refractivity contribution in [3.8, 4) is 5.75 Å². The number of ether oxygens (including phenoxy) is 2. The Hall–Kier alpha value is -2.09. The summed E-state index contributed by atoms with van der Waals surface area (Å²) < 4.78 is 33.1. The van der Waals surface area contributed by atoms with E-state index >= 15 is 0 Å². The standard InChI is InChI=1S/C17H23NO6S/c1-12-3-4-13(2)15(9-12)23-7-5-17(20)24-10-16(19)18-14-6-8-25(21,22)11-14/h3-4,9,14H,5-8,10-11H2,1-2H3,(H,18,19)/t14-/m0/s1. The van der Waals surface area contributed by atoms with E-state index in [0.29, 0.717) is 12.2 Å². The van der Waals surface area contributed by atoms with Crippen molar-refractivity contribution in [2.45, 2.75) is 32.7 Å². The van der Waals surface area contributed by atoms with Crippen LogP contribution in [0, 0.1) is 13.8 Å². The van der Waals surface area contributed by atoms with Crippen molar-refractivity contribution >= 4 is 21.7 Å². The molecule has 1 aliphatic rings. The van der Waals surface area contributed by atoms with E-state index in [4.69, 9.17) is 9.47 Å². The molecule has 2 rings (SSSR count). The zero-order chi connectivity index (χ0) is 18.4. The third-order valence-electron chi connectivity index (χ3n) is 3.87. The maximum atomic E-state index is 11.7. The van der Waals surface area contributed by atoms with Gasteiger partial charge in [0.05, 0.1) is 24.5 Å². The van der Waals surface area contributed by atoms with Crippen molar-refractivity contribution in [3.63, 3.8) is 0 Å². The van der Waals surface area contributed by atoms with Crippen molar-refractivity contribution < 1.29 is 27.5 Å². The van der Waals surface area contributed by atoms with E-state index in [1.54, 1.807) is 0 Å². The Morgan fingerprint density at radius 2 is 2.04 bits per heavy atom. The van der Waals surface area contributed by atoms with E-state index in [0.717, 1.165) is 11.1 Å². The first kappa shape index (κ1) is 19.2. The molecule has 1 aromatic rings. The topological polar surface area (TPSA) is 98.8 Å². The van der Waals surface area contributed by atoms with Crippen LogP contribution in [0.3, 0.4) is 0 Å². The van der Waals surface area contributed by atoms with E-state index in [1.807, 2.05) is 32.0 Å². The van der Waals surface area contributed by atoms with Crippen molar-refractivity contribution in [2.75, 3.05) is 24.7 Å². The Labute approximate surface area is 147 Å². The highest BCUT2D eigenvalue weighted by molar-refractivity contribution is 7.91. The summed E-state index contributed by atoms with van der Waals surface area (Å²) in [7, 11) is -3.06. The number of carbonyl (C=O) groups excluding carboxylic acids is 2. The average molecular weight is 369 g/mol. The molecular formula is C17H23NO6S. The van der Waals surface area contributed by atoms with Crippen molar-refractivity contribution in [1.29, 1.82) is 0 Å². The number of hydrogen-bond acceptors (Lipinski definition) is 6. The maximum absolute atomic E-state index is 11.7. The van der Waals surface area contributed by atoms with Gasteiger partial charge in [-0.05, 0) is 37.5 Å². The van der Waals surface area contributed by atoms with Crippen molar-refractivity contribution in [1.82, 2.24) is 5.32 Å². The van der Waals surface area contributed by atoms with Crippen LogP contribution in [0.2, 0.25) is 0 Å². The highest BCUT2D eigenvalue weighted by Crippen LogP contribution is 2.19. The highest BCUT2D eigenvalue weighted by atomic mass is 32.2. The number of hydrogen-bond donors (Lipinski definition) is 1. The van der Waals surface area contributed by atoms with Gasteiger partial charge < -0.3 is 14.8 Å². The van der Waals surface area contributed by atoms with E-state index in [1.165, 1.54) is 0 Å². The lowest BCUT2D eigenvalue weighted by Crippen LogP contribution is -2.38. The van der Waals surface area contributed by atoms with Gasteiger partial charge >= 0.3 is 5.97 Å². The third kappa shape index (κ3) is 6.38. The monoisotopic (exact) mass is 369 g/mol. The summed E-state index contributed by atoms with van der Waals surface area (Å²) >= 11 is 0. The molecule has 1 saturated heterocycles. The molecule has 1 amide bonds. The normalized spacial score (nSPS) is 18.6. The van der Waals surface area contributed by atoms with Gasteiger partial charge in [0, 0.05) is 6.04 Å². The number of aryl methyl sites for hydroxylation is 2. The molecular weight excluding hydrogens is 346 g/mol. The maximum Gasteiger partial charge on any atom is 0.309 e. The molecule has 1 N–H and O–H groups in total. The second-order valence-corrected chi connectivity index (χ2v) is 8.42. The van der Waals surface area contributed by atoms with Gasteiger partial charge in [-0.15, -0.1) is 0 Å². The summed E-state index contributed by atoms with van der Waals surface area (Å²) in [5.41, 5.74) is 2.04. The molecule has 25 heavy (non-hydrogen) atoms. The molecule has 7 nitrogen and oxygen atoms in total. The molecule has 1 atom stereocenters. The van der Waals surface area contributed by atoms with Gasteiger partial charge in [-0.2, -0.15) is 0 Å². The molecule has 0 unspecified atom stereocenters. The summed E-state index contributed by atoms with van der Waals surface area (Å²) in [6.07, 6.45) is 0.421. The fourth-order valence-corrected chi connectivity index (χ4v) is 4.18. The molecule has 0 radical (unpaired) electrons. The van der Waals surface area contributed by atoms with Crippen LogP contribution in [-0.2, 0) is 24.2 Å². The quantitative estimate of drug-likeness (QED) is 0.718. The SMILES string of the molecule is Cc1ccc(C)c(OCCC(=O)OCC(=O)N[C@H]2CCS(=O)(=O)C2)c1. The first-order chi connectivity index (χ1) is 11.7. The lowest BCUT2D eigenvalue weighted by Gasteiger charge is -2.12. The minimum Gasteiger partial charge on any atom is -0.493 e. The van der Waals surface area contributed by atoms with Gasteiger partial charge in [-0.3, -0.25) is 9.59 Å². The molecule has 0 spiro atoms. The Bertz CT molecular complexity index is 744. The molecule has 1 heterocycles. The zero-order valence-corrected chi connectivity index (χ0v) is 15.2. The first-order valence-corrected chi connectivity index (χ1v) is 9.93. The Kier molecular flexibility index (Phi) is 6.41. The summed E-state index contributed by atoms with van der Waals surface area (Å²) in [4.78, 5) is 23.3. The minimum absolute atomic E-state index is 0.0263. The van der Waals surface area contributed by atoms with Crippen LogP contribution in [0.15, 0.2) is 18.2 Å². The minimum atomic E-state index is -3.06. The fraction of sp³-hybridized carbons (Fsp3) is 0.529. The van der Waals surface area contributed by atoms with Crippen LogP contribution in [0.5, 0.6) is 5.75 Å². The zero-order valence-electron chi connectivity index (χ0n) is 14.4. The first-order valence-electron chi connectivity index (χ1n) is 8.10. The molecule has 0 bridgehead atoms. The molecule has 1 aliphatic heterocycles. The molecule has 0 aliphatic carbocycles. The van der Waals surface area contributed by atoms with E-state index in [2.05, 4.69) is 5.32 Å². The summed E-state index contributed by atoms with van der Waals surface area (Å²) in [5, 5.41) is 2.56. The largest absolute Gasteiger partial charge is 0.493 e. The lowest BCUT2D eigenvalue weighted by molar-refractivity contribution is -0.149.